The van der Waals surface area contributed by atoms with Gasteiger partial charge in [-0.25, -0.2) is 19.0 Å². The average Bonchev–Trinajstić information content (AvgIpc) is 3.42. The number of benzene rings is 1. The van der Waals surface area contributed by atoms with Crippen LogP contribution in [0, 0.1) is 13.8 Å². The molecule has 0 amide bonds. The lowest BCUT2D eigenvalue weighted by Gasteiger charge is -2.30. The van der Waals surface area contributed by atoms with Gasteiger partial charge in [-0.1, -0.05) is 24.6 Å². The molecule has 2 fully saturated rings. The number of para-hydroxylation sites is 2. The maximum absolute atomic E-state index is 14.1. The number of likely N-dealkylation sites (tertiary alicyclic amines) is 1. The van der Waals surface area contributed by atoms with Crippen LogP contribution in [0.4, 0.5) is 4.39 Å². The average molecular weight is 477 g/mol. The Hall–Kier alpha value is -3.26. The van der Waals surface area contributed by atoms with E-state index in [1.165, 1.54) is 5.57 Å². The van der Waals surface area contributed by atoms with Crippen LogP contribution in [0.1, 0.15) is 38.1 Å². The lowest BCUT2D eigenvalue weighted by atomic mass is 10.1. The molecule has 0 unspecified atom stereocenters. The Kier molecular flexibility index (Phi) is 6.56. The fourth-order valence-electron chi connectivity index (χ4n) is 4.59. The number of aromatic nitrogens is 4. The zero-order valence-corrected chi connectivity index (χ0v) is 20.9. The van der Waals surface area contributed by atoms with Crippen molar-refractivity contribution in [3.05, 3.63) is 59.1 Å². The van der Waals surface area contributed by atoms with Crippen LogP contribution in [0.25, 0.3) is 28.2 Å². The second-order valence-electron chi connectivity index (χ2n) is 9.49. The first-order valence-electron chi connectivity index (χ1n) is 12.4. The molecule has 1 N–H and O–H groups in total. The number of fused-ring (bicyclic) bond motifs is 1. The number of nitrogens with one attached hydrogen (secondary N) is 1. The topological polar surface area (TPSA) is 68.1 Å². The largest absolute Gasteiger partial charge is 0.377 e. The lowest BCUT2D eigenvalue weighted by Crippen LogP contribution is -2.46. The van der Waals surface area contributed by atoms with E-state index in [-0.39, 0.29) is 6.04 Å². The van der Waals surface area contributed by atoms with Crippen molar-refractivity contribution in [3.63, 3.8) is 0 Å². The van der Waals surface area contributed by atoms with Crippen LogP contribution in [0.15, 0.2) is 47.7 Å². The first-order chi connectivity index (χ1) is 16.9. The highest BCUT2D eigenvalue weighted by molar-refractivity contribution is 5.77. The number of hydrogen-bond donors (Lipinski definition) is 1. The van der Waals surface area contributed by atoms with Gasteiger partial charge in [0.05, 0.1) is 36.0 Å². The number of hydrogen-bond acceptors (Lipinski definition) is 6. The third kappa shape index (κ3) is 4.80. The van der Waals surface area contributed by atoms with E-state index in [4.69, 9.17) is 19.8 Å². The van der Waals surface area contributed by atoms with Crippen molar-refractivity contribution in [2.45, 2.75) is 52.8 Å². The van der Waals surface area contributed by atoms with Gasteiger partial charge in [0.25, 0.3) is 0 Å². The van der Waals surface area contributed by atoms with E-state index in [1.807, 2.05) is 48.9 Å². The van der Waals surface area contributed by atoms with Gasteiger partial charge in [-0.15, -0.1) is 0 Å². The summed E-state index contributed by atoms with van der Waals surface area (Å²) in [6.07, 6.45) is 2.80. The van der Waals surface area contributed by atoms with Crippen molar-refractivity contribution < 1.29 is 9.13 Å². The number of halogens is 1. The van der Waals surface area contributed by atoms with Gasteiger partial charge in [-0.2, -0.15) is 5.10 Å². The maximum atomic E-state index is 14.1. The SMILES string of the molecule is CC/C(C)=C(/C=C(/NC1COC1)n1nc(-c2nc3ccccc3nc2C)cc1C)N1CC[C@@H](F)C1. The van der Waals surface area contributed by atoms with Crippen molar-refractivity contribution in [1.29, 1.82) is 0 Å². The zero-order valence-electron chi connectivity index (χ0n) is 20.9. The van der Waals surface area contributed by atoms with E-state index in [0.29, 0.717) is 26.2 Å². The molecule has 1 atom stereocenters. The molecule has 0 radical (unpaired) electrons. The molecule has 5 rings (SSSR count). The Balaban J connectivity index is 1.57. The minimum absolute atomic E-state index is 0.214. The van der Waals surface area contributed by atoms with E-state index < -0.39 is 6.17 Å². The van der Waals surface area contributed by atoms with Gasteiger partial charge >= 0.3 is 0 Å². The number of ether oxygens (including phenoxy) is 1. The first kappa shape index (κ1) is 23.5. The number of nitrogens with zero attached hydrogens (tertiary/aromatic N) is 5. The van der Waals surface area contributed by atoms with E-state index in [1.54, 1.807) is 0 Å². The van der Waals surface area contributed by atoms with Crippen LogP contribution in [0.5, 0.6) is 0 Å². The van der Waals surface area contributed by atoms with Gasteiger partial charge < -0.3 is 15.0 Å². The molecule has 0 saturated carbocycles. The summed E-state index contributed by atoms with van der Waals surface area (Å²) in [5.74, 6) is 0.860. The highest BCUT2D eigenvalue weighted by atomic mass is 19.1. The molecule has 184 valence electrons. The van der Waals surface area contributed by atoms with E-state index in [2.05, 4.69) is 30.1 Å². The minimum Gasteiger partial charge on any atom is -0.377 e. The normalized spacial score (nSPS) is 19.7. The summed E-state index contributed by atoms with van der Waals surface area (Å²) >= 11 is 0. The molecule has 2 aliphatic heterocycles. The highest BCUT2D eigenvalue weighted by Gasteiger charge is 2.26. The Morgan fingerprint density at radius 2 is 1.94 bits per heavy atom. The van der Waals surface area contributed by atoms with Crippen molar-refractivity contribution in [2.75, 3.05) is 26.3 Å². The van der Waals surface area contributed by atoms with Crippen molar-refractivity contribution >= 4 is 16.9 Å². The fraction of sp³-hybridized carbons (Fsp3) is 0.444. The van der Waals surface area contributed by atoms with Crippen LogP contribution in [-0.4, -0.2) is 63.2 Å². The number of allylic oxidation sites excluding steroid dienone is 2. The molecule has 35 heavy (non-hydrogen) atoms. The first-order valence-corrected chi connectivity index (χ1v) is 12.4. The quantitative estimate of drug-likeness (QED) is 0.502. The van der Waals surface area contributed by atoms with Gasteiger partial charge in [0, 0.05) is 30.6 Å². The van der Waals surface area contributed by atoms with Gasteiger partial charge in [-0.05, 0) is 51.8 Å². The fourth-order valence-corrected chi connectivity index (χ4v) is 4.59. The molecule has 7 nitrogen and oxygen atoms in total. The second-order valence-corrected chi connectivity index (χ2v) is 9.49. The van der Waals surface area contributed by atoms with E-state index in [0.717, 1.165) is 58.3 Å². The lowest BCUT2D eigenvalue weighted by molar-refractivity contribution is 0.00131. The standard InChI is InChI=1S/C27H33FN6O/c1-5-17(2)25(33-11-10-20(28)14-33)13-26(30-21-15-35-16-21)34-18(3)12-24(32-34)27-19(4)29-22-8-6-7-9-23(22)31-27/h6-9,12-13,20-21,30H,5,10-11,14-16H2,1-4H3/b25-17-,26-13-/t20-/m1/s1. The number of rotatable bonds is 7. The van der Waals surface area contributed by atoms with Gasteiger partial charge in [-0.3, -0.25) is 0 Å². The predicted octanol–water partition coefficient (Wildman–Crippen LogP) is 4.62. The van der Waals surface area contributed by atoms with Crippen LogP contribution < -0.4 is 5.32 Å². The Bertz CT molecular complexity index is 1290. The molecule has 1 aromatic carbocycles. The summed E-state index contributed by atoms with van der Waals surface area (Å²) in [4.78, 5) is 11.8. The number of alkyl halides is 1. The third-order valence-corrected chi connectivity index (χ3v) is 6.81. The number of aryl methyl sites for hydroxylation is 2. The van der Waals surface area contributed by atoms with E-state index in [9.17, 15) is 4.39 Å². The van der Waals surface area contributed by atoms with E-state index >= 15 is 0 Å². The van der Waals surface area contributed by atoms with Crippen LogP contribution >= 0.6 is 0 Å². The molecule has 4 heterocycles. The Morgan fingerprint density at radius 1 is 1.20 bits per heavy atom. The highest BCUT2D eigenvalue weighted by Crippen LogP contribution is 2.27. The monoisotopic (exact) mass is 476 g/mol. The molecule has 0 spiro atoms. The van der Waals surface area contributed by atoms with Crippen molar-refractivity contribution in [1.82, 2.24) is 30.0 Å². The van der Waals surface area contributed by atoms with Crippen LogP contribution in [0.2, 0.25) is 0 Å². The van der Waals surface area contributed by atoms with Crippen molar-refractivity contribution in [2.24, 2.45) is 0 Å². The third-order valence-electron chi connectivity index (χ3n) is 6.81. The van der Waals surface area contributed by atoms with Gasteiger partial charge in [0.15, 0.2) is 0 Å². The summed E-state index contributed by atoms with van der Waals surface area (Å²) in [5.41, 5.74) is 7.38. The predicted molar refractivity (Wildman–Crippen MR) is 136 cm³/mol. The maximum Gasteiger partial charge on any atom is 0.130 e. The molecular weight excluding hydrogens is 443 g/mol. The molecular formula is C27H33FN6O. The minimum atomic E-state index is -0.785. The molecule has 3 aromatic rings. The molecule has 0 bridgehead atoms. The summed E-state index contributed by atoms with van der Waals surface area (Å²) in [6, 6.07) is 10.1. The molecule has 2 aromatic heterocycles. The molecule has 0 aliphatic carbocycles. The Labute approximate surface area is 205 Å². The molecule has 2 aliphatic rings. The summed E-state index contributed by atoms with van der Waals surface area (Å²) < 4.78 is 21.4. The summed E-state index contributed by atoms with van der Waals surface area (Å²) in [6.45, 7) is 10.7. The van der Waals surface area contributed by atoms with Crippen LogP contribution in [-0.2, 0) is 4.74 Å². The molecule has 8 heteroatoms. The Morgan fingerprint density at radius 3 is 2.57 bits per heavy atom. The smallest absolute Gasteiger partial charge is 0.130 e. The zero-order chi connectivity index (χ0) is 24.5. The summed E-state index contributed by atoms with van der Waals surface area (Å²) in [5, 5.41) is 8.58. The summed E-state index contributed by atoms with van der Waals surface area (Å²) in [7, 11) is 0. The van der Waals surface area contributed by atoms with Gasteiger partial charge in [0.2, 0.25) is 0 Å². The van der Waals surface area contributed by atoms with Gasteiger partial charge in [0.1, 0.15) is 23.4 Å². The molecule has 2 saturated heterocycles. The van der Waals surface area contributed by atoms with Crippen LogP contribution in [0.3, 0.4) is 0 Å². The van der Waals surface area contributed by atoms with Crippen molar-refractivity contribution in [3.8, 4) is 11.4 Å². The second kappa shape index (κ2) is 9.77.